The topological polar surface area (TPSA) is 38.5 Å². The Labute approximate surface area is 116 Å². The number of nitrogen functional groups attached to an aromatic ring is 1. The van der Waals surface area contributed by atoms with Gasteiger partial charge in [-0.3, -0.25) is 0 Å². The van der Waals surface area contributed by atoms with Crippen LogP contribution >= 0.6 is 0 Å². The van der Waals surface area contributed by atoms with Crippen LogP contribution in [0, 0.1) is 5.92 Å². The number of ether oxygens (including phenoxy) is 1. The highest BCUT2D eigenvalue weighted by atomic mass is 19.4. The first-order chi connectivity index (χ1) is 9.38. The van der Waals surface area contributed by atoms with E-state index in [0.29, 0.717) is 11.6 Å². The summed E-state index contributed by atoms with van der Waals surface area (Å²) in [6.07, 6.45) is -2.40. The van der Waals surface area contributed by atoms with Gasteiger partial charge in [0.2, 0.25) is 0 Å². The number of alkyl halides is 3. The summed E-state index contributed by atoms with van der Waals surface area (Å²) >= 11 is 0. The Morgan fingerprint density at radius 3 is 2.50 bits per heavy atom. The van der Waals surface area contributed by atoms with Crippen LogP contribution in [0.2, 0.25) is 0 Å². The summed E-state index contributed by atoms with van der Waals surface area (Å²) in [4.78, 5) is 1.92. The van der Waals surface area contributed by atoms with Gasteiger partial charge in [-0.15, -0.1) is 0 Å². The molecule has 3 nitrogen and oxygen atoms in total. The second kappa shape index (κ2) is 5.91. The standard InChI is InChI=1S/C14H19F3N2O/c1-19(9-10-4-6-20-7-5-10)13-3-2-11(8-12(13)18)14(15,16)17/h2-3,8,10H,4-7,9,18H2,1H3. The van der Waals surface area contributed by atoms with E-state index < -0.39 is 11.7 Å². The van der Waals surface area contributed by atoms with Crippen molar-refractivity contribution in [3.05, 3.63) is 23.8 Å². The lowest BCUT2D eigenvalue weighted by molar-refractivity contribution is -0.137. The number of nitrogens with zero attached hydrogens (tertiary/aromatic N) is 1. The van der Waals surface area contributed by atoms with Crippen molar-refractivity contribution in [1.29, 1.82) is 0 Å². The van der Waals surface area contributed by atoms with Crippen LogP contribution in [0.25, 0.3) is 0 Å². The third-order valence-electron chi connectivity index (χ3n) is 3.64. The van der Waals surface area contributed by atoms with E-state index in [4.69, 9.17) is 10.5 Å². The van der Waals surface area contributed by atoms with Crippen molar-refractivity contribution < 1.29 is 17.9 Å². The number of hydrogen-bond acceptors (Lipinski definition) is 3. The first-order valence-corrected chi connectivity index (χ1v) is 6.63. The largest absolute Gasteiger partial charge is 0.416 e. The highest BCUT2D eigenvalue weighted by molar-refractivity contribution is 5.68. The molecule has 112 valence electrons. The first-order valence-electron chi connectivity index (χ1n) is 6.63. The molecule has 1 fully saturated rings. The Balaban J connectivity index is 2.07. The minimum absolute atomic E-state index is 0.161. The zero-order valence-electron chi connectivity index (χ0n) is 11.4. The van der Waals surface area contributed by atoms with Crippen molar-refractivity contribution in [3.63, 3.8) is 0 Å². The third kappa shape index (κ3) is 3.56. The lowest BCUT2D eigenvalue weighted by atomic mass is 9.99. The predicted octanol–water partition coefficient (Wildman–Crippen LogP) is 3.15. The van der Waals surface area contributed by atoms with E-state index in [1.807, 2.05) is 11.9 Å². The van der Waals surface area contributed by atoms with Gasteiger partial charge in [-0.05, 0) is 37.0 Å². The van der Waals surface area contributed by atoms with Crippen LogP contribution in [-0.2, 0) is 10.9 Å². The van der Waals surface area contributed by atoms with Crippen molar-refractivity contribution in [2.45, 2.75) is 19.0 Å². The summed E-state index contributed by atoms with van der Waals surface area (Å²) in [5, 5.41) is 0. The van der Waals surface area contributed by atoms with Gasteiger partial charge in [0.25, 0.3) is 0 Å². The molecule has 1 aliphatic heterocycles. The van der Waals surface area contributed by atoms with Crippen LogP contribution in [0.4, 0.5) is 24.5 Å². The molecule has 2 rings (SSSR count). The Hall–Kier alpha value is -1.43. The lowest BCUT2D eigenvalue weighted by Gasteiger charge is -2.29. The van der Waals surface area contributed by atoms with E-state index in [1.165, 1.54) is 6.07 Å². The number of nitrogens with two attached hydrogens (primary N) is 1. The summed E-state index contributed by atoms with van der Waals surface area (Å²) in [7, 11) is 1.86. The zero-order valence-corrected chi connectivity index (χ0v) is 11.4. The van der Waals surface area contributed by atoms with Crippen molar-refractivity contribution in [3.8, 4) is 0 Å². The van der Waals surface area contributed by atoms with Crippen molar-refractivity contribution in [2.75, 3.05) is 37.4 Å². The molecule has 0 spiro atoms. The van der Waals surface area contributed by atoms with Gasteiger partial charge in [0.15, 0.2) is 0 Å². The molecule has 2 N–H and O–H groups in total. The van der Waals surface area contributed by atoms with Crippen LogP contribution < -0.4 is 10.6 Å². The molecule has 0 atom stereocenters. The summed E-state index contributed by atoms with van der Waals surface area (Å²) in [6, 6.07) is 3.51. The molecule has 0 radical (unpaired) electrons. The van der Waals surface area contributed by atoms with E-state index in [0.717, 1.165) is 44.7 Å². The minimum Gasteiger partial charge on any atom is -0.397 e. The Kier molecular flexibility index (Phi) is 4.42. The second-order valence-corrected chi connectivity index (χ2v) is 5.21. The van der Waals surface area contributed by atoms with Gasteiger partial charge >= 0.3 is 6.18 Å². The number of hydrogen-bond donors (Lipinski definition) is 1. The average Bonchev–Trinajstić information content (AvgIpc) is 2.38. The minimum atomic E-state index is -4.36. The van der Waals surface area contributed by atoms with E-state index in [2.05, 4.69) is 0 Å². The van der Waals surface area contributed by atoms with Gasteiger partial charge < -0.3 is 15.4 Å². The molecule has 0 unspecified atom stereocenters. The highest BCUT2D eigenvalue weighted by Crippen LogP contribution is 2.34. The van der Waals surface area contributed by atoms with Gasteiger partial charge in [-0.2, -0.15) is 13.2 Å². The Morgan fingerprint density at radius 1 is 1.30 bits per heavy atom. The molecule has 0 aliphatic carbocycles. The average molecular weight is 288 g/mol. The molecule has 1 aliphatic rings. The number of rotatable bonds is 3. The van der Waals surface area contributed by atoms with Crippen molar-refractivity contribution in [2.24, 2.45) is 5.92 Å². The summed E-state index contributed by atoms with van der Waals surface area (Å²) in [5.74, 6) is 0.496. The molecule has 1 aromatic carbocycles. The highest BCUT2D eigenvalue weighted by Gasteiger charge is 2.31. The fourth-order valence-corrected chi connectivity index (χ4v) is 2.49. The maximum atomic E-state index is 12.6. The van der Waals surface area contributed by atoms with Crippen LogP contribution in [0.3, 0.4) is 0 Å². The fourth-order valence-electron chi connectivity index (χ4n) is 2.49. The lowest BCUT2D eigenvalue weighted by Crippen LogP contribution is -2.30. The van der Waals surface area contributed by atoms with E-state index in [-0.39, 0.29) is 5.69 Å². The van der Waals surface area contributed by atoms with Crippen molar-refractivity contribution in [1.82, 2.24) is 0 Å². The Bertz CT molecular complexity index is 456. The molecule has 0 amide bonds. The van der Waals surface area contributed by atoms with E-state index >= 15 is 0 Å². The first kappa shape index (κ1) is 15.0. The molecular weight excluding hydrogens is 269 g/mol. The van der Waals surface area contributed by atoms with Gasteiger partial charge in [0.05, 0.1) is 16.9 Å². The van der Waals surface area contributed by atoms with E-state index in [9.17, 15) is 13.2 Å². The maximum Gasteiger partial charge on any atom is 0.416 e. The van der Waals surface area contributed by atoms with E-state index in [1.54, 1.807) is 0 Å². The molecule has 0 bridgehead atoms. The quantitative estimate of drug-likeness (QED) is 0.868. The molecular formula is C14H19F3N2O. The Morgan fingerprint density at radius 2 is 1.95 bits per heavy atom. The van der Waals surface area contributed by atoms with Crippen LogP contribution in [0.15, 0.2) is 18.2 Å². The van der Waals surface area contributed by atoms with Crippen LogP contribution in [0.1, 0.15) is 18.4 Å². The van der Waals surface area contributed by atoms with Gasteiger partial charge in [0.1, 0.15) is 0 Å². The third-order valence-corrected chi connectivity index (χ3v) is 3.64. The molecule has 1 aromatic rings. The normalized spacial score (nSPS) is 17.2. The summed E-state index contributed by atoms with van der Waals surface area (Å²) in [6.45, 7) is 2.28. The van der Waals surface area contributed by atoms with Gasteiger partial charge in [0, 0.05) is 26.8 Å². The number of anilines is 2. The molecule has 0 saturated carbocycles. The molecule has 1 heterocycles. The summed E-state index contributed by atoms with van der Waals surface area (Å²) < 4.78 is 43.1. The molecule has 6 heteroatoms. The maximum absolute atomic E-state index is 12.6. The molecule has 0 aromatic heterocycles. The monoisotopic (exact) mass is 288 g/mol. The van der Waals surface area contributed by atoms with Gasteiger partial charge in [-0.1, -0.05) is 0 Å². The van der Waals surface area contributed by atoms with Crippen LogP contribution in [-0.4, -0.2) is 26.8 Å². The SMILES string of the molecule is CN(CC1CCOCC1)c1ccc(C(F)(F)F)cc1N. The van der Waals surface area contributed by atoms with Gasteiger partial charge in [-0.25, -0.2) is 0 Å². The second-order valence-electron chi connectivity index (χ2n) is 5.21. The fraction of sp³-hybridized carbons (Fsp3) is 0.571. The van der Waals surface area contributed by atoms with Crippen LogP contribution in [0.5, 0.6) is 0 Å². The predicted molar refractivity (Wildman–Crippen MR) is 72.7 cm³/mol. The molecule has 1 saturated heterocycles. The number of benzene rings is 1. The molecule has 20 heavy (non-hydrogen) atoms. The zero-order chi connectivity index (χ0) is 14.8. The van der Waals surface area contributed by atoms with Crippen molar-refractivity contribution >= 4 is 11.4 Å². The number of halogens is 3. The summed E-state index contributed by atoms with van der Waals surface area (Å²) in [5.41, 5.74) is 5.85. The smallest absolute Gasteiger partial charge is 0.397 e.